The molecule has 5 heteroatoms. The molecule has 1 saturated heterocycles. The first kappa shape index (κ1) is 18.8. The van der Waals surface area contributed by atoms with Crippen molar-refractivity contribution in [3.8, 4) is 0 Å². The Labute approximate surface area is 130 Å². The van der Waals surface area contributed by atoms with Crippen molar-refractivity contribution in [3.05, 3.63) is 0 Å². The van der Waals surface area contributed by atoms with Gasteiger partial charge in [0.05, 0.1) is 33.0 Å². The molecule has 0 aromatic heterocycles. The van der Waals surface area contributed by atoms with Gasteiger partial charge in [0.2, 0.25) is 0 Å². The molecule has 1 heterocycles. The molecule has 0 amide bonds. The van der Waals surface area contributed by atoms with Gasteiger partial charge in [0, 0.05) is 38.3 Å². The molecule has 1 rings (SSSR count). The van der Waals surface area contributed by atoms with Crippen LogP contribution in [0.25, 0.3) is 0 Å². The number of piperazine rings is 1. The monoisotopic (exact) mass is 302 g/mol. The third-order valence-corrected chi connectivity index (χ3v) is 4.58. The van der Waals surface area contributed by atoms with E-state index >= 15 is 0 Å². The summed E-state index contributed by atoms with van der Waals surface area (Å²) in [6.45, 7) is 13.4. The molecule has 0 spiro atoms. The minimum atomic E-state index is 0.287. The quantitative estimate of drug-likeness (QED) is 0.586. The predicted octanol–water partition coefficient (Wildman–Crippen LogP) is 1.52. The molecule has 5 nitrogen and oxygen atoms in total. The first-order chi connectivity index (χ1) is 10.2. The van der Waals surface area contributed by atoms with Gasteiger partial charge in [-0.3, -0.25) is 4.90 Å². The summed E-state index contributed by atoms with van der Waals surface area (Å²) in [5, 5.41) is 3.73. The largest absolute Gasteiger partial charge is 0.382 e. The number of nitrogens with zero attached hydrogens (tertiary/aromatic N) is 1. The zero-order chi connectivity index (χ0) is 15.6. The van der Waals surface area contributed by atoms with Crippen LogP contribution in [0.2, 0.25) is 0 Å². The lowest BCUT2D eigenvalue weighted by atomic mass is 9.89. The van der Waals surface area contributed by atoms with Crippen molar-refractivity contribution >= 4 is 0 Å². The fourth-order valence-electron chi connectivity index (χ4n) is 2.76. The molecule has 0 aromatic rings. The Morgan fingerprint density at radius 3 is 2.29 bits per heavy atom. The highest BCUT2D eigenvalue weighted by Gasteiger charge is 2.34. The number of rotatable bonds is 11. The van der Waals surface area contributed by atoms with Crippen molar-refractivity contribution in [2.75, 3.05) is 59.8 Å². The lowest BCUT2D eigenvalue weighted by molar-refractivity contribution is 0.00731. The zero-order valence-electron chi connectivity index (χ0n) is 14.3. The van der Waals surface area contributed by atoms with Crippen LogP contribution in [-0.2, 0) is 14.2 Å². The van der Waals surface area contributed by atoms with E-state index in [-0.39, 0.29) is 5.54 Å². The van der Waals surface area contributed by atoms with Crippen molar-refractivity contribution in [1.82, 2.24) is 10.2 Å². The van der Waals surface area contributed by atoms with Gasteiger partial charge in [-0.15, -0.1) is 0 Å². The van der Waals surface area contributed by atoms with Gasteiger partial charge >= 0.3 is 0 Å². The number of hydrogen-bond acceptors (Lipinski definition) is 5. The SMILES string of the molecule is CCC1(CC)CN(CCOCCOCCOC)C(C)CN1. The molecule has 0 saturated carbocycles. The van der Waals surface area contributed by atoms with Gasteiger partial charge in [0.15, 0.2) is 0 Å². The summed E-state index contributed by atoms with van der Waals surface area (Å²) in [6.07, 6.45) is 2.36. The molecule has 0 radical (unpaired) electrons. The fourth-order valence-corrected chi connectivity index (χ4v) is 2.76. The third kappa shape index (κ3) is 6.61. The standard InChI is InChI=1S/C16H34N2O3/c1-5-16(6-2)14-18(15(3)13-17-16)7-8-20-11-12-21-10-9-19-4/h15,17H,5-14H2,1-4H3. The van der Waals surface area contributed by atoms with Gasteiger partial charge in [0.25, 0.3) is 0 Å². The maximum absolute atomic E-state index is 5.67. The van der Waals surface area contributed by atoms with E-state index in [1.54, 1.807) is 7.11 Å². The minimum Gasteiger partial charge on any atom is -0.382 e. The molecule has 0 bridgehead atoms. The lowest BCUT2D eigenvalue weighted by Crippen LogP contribution is -2.63. The van der Waals surface area contributed by atoms with Gasteiger partial charge < -0.3 is 19.5 Å². The molecule has 1 N–H and O–H groups in total. The average Bonchev–Trinajstić information content (AvgIpc) is 2.52. The second kappa shape index (κ2) is 10.5. The third-order valence-electron chi connectivity index (χ3n) is 4.58. The first-order valence-corrected chi connectivity index (χ1v) is 8.31. The Morgan fingerprint density at radius 1 is 1.05 bits per heavy atom. The fraction of sp³-hybridized carbons (Fsp3) is 1.00. The van der Waals surface area contributed by atoms with Crippen LogP contribution < -0.4 is 5.32 Å². The van der Waals surface area contributed by atoms with Gasteiger partial charge in [0.1, 0.15) is 0 Å². The van der Waals surface area contributed by atoms with Crippen molar-refractivity contribution in [3.63, 3.8) is 0 Å². The van der Waals surface area contributed by atoms with Crippen molar-refractivity contribution < 1.29 is 14.2 Å². The van der Waals surface area contributed by atoms with Crippen LogP contribution in [0.5, 0.6) is 0 Å². The second-order valence-corrected chi connectivity index (χ2v) is 5.91. The van der Waals surface area contributed by atoms with Crippen LogP contribution in [0, 0.1) is 0 Å². The highest BCUT2D eigenvalue weighted by Crippen LogP contribution is 2.22. The van der Waals surface area contributed by atoms with Gasteiger partial charge in [-0.25, -0.2) is 0 Å². The van der Waals surface area contributed by atoms with Crippen LogP contribution in [-0.4, -0.2) is 76.3 Å². The van der Waals surface area contributed by atoms with Gasteiger partial charge in [-0.1, -0.05) is 13.8 Å². The van der Waals surface area contributed by atoms with E-state index < -0.39 is 0 Å². The van der Waals surface area contributed by atoms with E-state index in [0.717, 1.165) is 26.2 Å². The van der Waals surface area contributed by atoms with E-state index in [1.807, 2.05) is 0 Å². The summed E-state index contributed by atoms with van der Waals surface area (Å²) in [5.41, 5.74) is 0.287. The molecule has 0 aliphatic carbocycles. The summed E-state index contributed by atoms with van der Waals surface area (Å²) in [6, 6.07) is 0.581. The van der Waals surface area contributed by atoms with Crippen molar-refractivity contribution in [2.45, 2.75) is 45.2 Å². The second-order valence-electron chi connectivity index (χ2n) is 5.91. The Hall–Kier alpha value is -0.200. The summed E-state index contributed by atoms with van der Waals surface area (Å²) < 4.78 is 16.0. The normalized spacial score (nSPS) is 22.6. The van der Waals surface area contributed by atoms with Gasteiger partial charge in [-0.05, 0) is 19.8 Å². The van der Waals surface area contributed by atoms with Gasteiger partial charge in [-0.2, -0.15) is 0 Å². The average molecular weight is 302 g/mol. The van der Waals surface area contributed by atoms with E-state index in [1.165, 1.54) is 12.8 Å². The van der Waals surface area contributed by atoms with E-state index in [9.17, 15) is 0 Å². The summed E-state index contributed by atoms with van der Waals surface area (Å²) in [7, 11) is 1.68. The highest BCUT2D eigenvalue weighted by molar-refractivity contribution is 4.95. The zero-order valence-corrected chi connectivity index (χ0v) is 14.3. The molecular weight excluding hydrogens is 268 g/mol. The molecule has 0 aromatic carbocycles. The first-order valence-electron chi connectivity index (χ1n) is 8.31. The maximum Gasteiger partial charge on any atom is 0.0701 e. The van der Waals surface area contributed by atoms with Crippen molar-refractivity contribution in [2.24, 2.45) is 0 Å². The molecule has 1 unspecified atom stereocenters. The Bertz CT molecular complexity index is 260. The molecule has 126 valence electrons. The van der Waals surface area contributed by atoms with Crippen LogP contribution in [0.15, 0.2) is 0 Å². The number of ether oxygens (including phenoxy) is 3. The Balaban J connectivity index is 2.15. The molecule has 1 fully saturated rings. The molecule has 1 aliphatic heterocycles. The molecule has 1 aliphatic rings. The summed E-state index contributed by atoms with van der Waals surface area (Å²) >= 11 is 0. The number of nitrogens with one attached hydrogen (secondary N) is 1. The smallest absolute Gasteiger partial charge is 0.0701 e. The summed E-state index contributed by atoms with van der Waals surface area (Å²) in [4.78, 5) is 2.55. The molecule has 1 atom stereocenters. The van der Waals surface area contributed by atoms with E-state index in [4.69, 9.17) is 14.2 Å². The Morgan fingerprint density at radius 2 is 1.67 bits per heavy atom. The van der Waals surface area contributed by atoms with E-state index in [0.29, 0.717) is 32.5 Å². The lowest BCUT2D eigenvalue weighted by Gasteiger charge is -2.46. The Kier molecular flexibility index (Phi) is 9.44. The van der Waals surface area contributed by atoms with Crippen LogP contribution in [0.1, 0.15) is 33.6 Å². The minimum absolute atomic E-state index is 0.287. The topological polar surface area (TPSA) is 43.0 Å². The number of hydrogen-bond donors (Lipinski definition) is 1. The number of methoxy groups -OCH3 is 1. The van der Waals surface area contributed by atoms with Crippen LogP contribution in [0.4, 0.5) is 0 Å². The van der Waals surface area contributed by atoms with Crippen molar-refractivity contribution in [1.29, 1.82) is 0 Å². The predicted molar refractivity (Wildman–Crippen MR) is 85.9 cm³/mol. The van der Waals surface area contributed by atoms with Crippen LogP contribution in [0.3, 0.4) is 0 Å². The summed E-state index contributed by atoms with van der Waals surface area (Å²) in [5.74, 6) is 0. The van der Waals surface area contributed by atoms with Crippen LogP contribution >= 0.6 is 0 Å². The molecular formula is C16H34N2O3. The maximum atomic E-state index is 5.67. The highest BCUT2D eigenvalue weighted by atomic mass is 16.5. The molecule has 21 heavy (non-hydrogen) atoms. The van der Waals surface area contributed by atoms with E-state index in [2.05, 4.69) is 31.0 Å².